The van der Waals surface area contributed by atoms with Crippen LogP contribution in [0.5, 0.6) is 0 Å². The van der Waals surface area contributed by atoms with Gasteiger partial charge in [-0.25, -0.2) is 9.97 Å². The number of nitrogen functional groups attached to an aromatic ring is 1. The van der Waals surface area contributed by atoms with Crippen molar-refractivity contribution in [1.29, 1.82) is 5.26 Å². The second-order valence-electron chi connectivity index (χ2n) is 8.53. The van der Waals surface area contributed by atoms with Crippen LogP contribution in [0.25, 0.3) is 11.3 Å². The van der Waals surface area contributed by atoms with Crippen molar-refractivity contribution >= 4 is 29.0 Å². The highest BCUT2D eigenvalue weighted by atomic mass is 35.5. The van der Waals surface area contributed by atoms with E-state index in [1.165, 1.54) is 4.90 Å². The molecule has 3 N–H and O–H groups in total. The lowest BCUT2D eigenvalue weighted by molar-refractivity contribution is 0.0823. The number of aromatic nitrogens is 2. The van der Waals surface area contributed by atoms with Gasteiger partial charge in [-0.2, -0.15) is 5.26 Å². The van der Waals surface area contributed by atoms with Crippen LogP contribution in [-0.4, -0.2) is 41.4 Å². The van der Waals surface area contributed by atoms with Crippen LogP contribution in [0.1, 0.15) is 42.2 Å². The molecule has 2 aromatic rings. The molecular weight excluding hydrogens is 388 g/mol. The maximum atomic E-state index is 12.4. The Kier molecular flexibility index (Phi) is 4.43. The van der Waals surface area contributed by atoms with Crippen molar-refractivity contribution in [3.8, 4) is 17.3 Å². The normalized spacial score (nSPS) is 24.8. The predicted octanol–water partition coefficient (Wildman–Crippen LogP) is 3.46. The highest BCUT2D eigenvalue weighted by Crippen LogP contribution is 2.56. The van der Waals surface area contributed by atoms with Gasteiger partial charge in [0.15, 0.2) is 5.69 Å². The minimum atomic E-state index is -0.368. The number of hydrogen-bond donors (Lipinski definition) is 2. The molecule has 1 saturated carbocycles. The number of amides is 1. The fraction of sp³-hybridized carbons (Fsp3) is 0.429. The van der Waals surface area contributed by atoms with Gasteiger partial charge in [0, 0.05) is 43.4 Å². The summed E-state index contributed by atoms with van der Waals surface area (Å²) in [4.78, 5) is 22.9. The van der Waals surface area contributed by atoms with Crippen molar-refractivity contribution in [3.05, 3.63) is 34.6 Å². The van der Waals surface area contributed by atoms with Crippen molar-refractivity contribution in [2.45, 2.75) is 31.6 Å². The van der Waals surface area contributed by atoms with Gasteiger partial charge in [-0.05, 0) is 38.3 Å². The molecule has 2 aromatic heterocycles. The van der Waals surface area contributed by atoms with Gasteiger partial charge in [0.1, 0.15) is 5.82 Å². The summed E-state index contributed by atoms with van der Waals surface area (Å²) in [6, 6.07) is 5.88. The Morgan fingerprint density at radius 1 is 1.38 bits per heavy atom. The van der Waals surface area contributed by atoms with Gasteiger partial charge in [0.25, 0.3) is 5.91 Å². The van der Waals surface area contributed by atoms with Gasteiger partial charge in [-0.15, -0.1) is 0 Å². The summed E-state index contributed by atoms with van der Waals surface area (Å²) < 4.78 is 0. The van der Waals surface area contributed by atoms with Gasteiger partial charge < -0.3 is 16.0 Å². The van der Waals surface area contributed by atoms with E-state index in [1.807, 2.05) is 6.92 Å². The number of nitrogens with one attached hydrogen (secondary N) is 1. The van der Waals surface area contributed by atoms with Gasteiger partial charge >= 0.3 is 0 Å². The number of rotatable bonds is 2. The lowest BCUT2D eigenvalue weighted by atomic mass is 9.77. The summed E-state index contributed by atoms with van der Waals surface area (Å²) in [5, 5.41) is 13.5. The van der Waals surface area contributed by atoms with E-state index in [0.29, 0.717) is 22.0 Å². The third kappa shape index (κ3) is 2.99. The molecule has 3 heterocycles. The van der Waals surface area contributed by atoms with Gasteiger partial charge in [-0.1, -0.05) is 11.6 Å². The third-order valence-electron chi connectivity index (χ3n) is 6.11. The number of halogens is 1. The summed E-state index contributed by atoms with van der Waals surface area (Å²) in [6.45, 7) is 2.72. The van der Waals surface area contributed by atoms with Crippen LogP contribution in [0.3, 0.4) is 0 Å². The highest BCUT2D eigenvalue weighted by Gasteiger charge is 2.52. The fourth-order valence-corrected chi connectivity index (χ4v) is 4.96. The summed E-state index contributed by atoms with van der Waals surface area (Å²) in [7, 11) is 3.31. The topological polar surface area (TPSA) is 108 Å². The number of pyridine rings is 2. The number of carbonyl (C=O) groups is 1. The molecule has 0 bridgehead atoms. The van der Waals surface area contributed by atoms with E-state index in [1.54, 1.807) is 32.4 Å². The zero-order valence-corrected chi connectivity index (χ0v) is 17.5. The maximum Gasteiger partial charge on any atom is 0.274 e. The standard InChI is InChI=1S/C21H23ClN6O/c1-20(10-23)6-7-21(9-20)11-26-18-15(21)16(22)12(8-25-18)14-5-4-13(24)17(27-14)19(29)28(2)3/h4-5,8H,6-7,9,11,24H2,1-3H3,(H,25,26). The number of anilines is 2. The smallest absolute Gasteiger partial charge is 0.274 e. The van der Waals surface area contributed by atoms with E-state index < -0.39 is 0 Å². The van der Waals surface area contributed by atoms with Crippen LogP contribution in [0.15, 0.2) is 18.3 Å². The van der Waals surface area contributed by atoms with E-state index in [2.05, 4.69) is 21.4 Å². The van der Waals surface area contributed by atoms with E-state index in [0.717, 1.165) is 37.2 Å². The molecule has 0 radical (unpaired) electrons. The Morgan fingerprint density at radius 3 is 2.79 bits per heavy atom. The molecule has 150 valence electrons. The van der Waals surface area contributed by atoms with Crippen LogP contribution >= 0.6 is 11.6 Å². The molecule has 7 nitrogen and oxygen atoms in total. The molecule has 2 unspecified atom stereocenters. The van der Waals surface area contributed by atoms with Crippen LogP contribution in [0.2, 0.25) is 5.02 Å². The van der Waals surface area contributed by atoms with Crippen molar-refractivity contribution in [3.63, 3.8) is 0 Å². The molecule has 2 aliphatic rings. The average molecular weight is 411 g/mol. The first-order valence-electron chi connectivity index (χ1n) is 9.52. The first-order chi connectivity index (χ1) is 13.7. The minimum absolute atomic E-state index is 0.190. The average Bonchev–Trinajstić information content (AvgIpc) is 3.23. The molecule has 1 aliphatic carbocycles. The Bertz CT molecular complexity index is 1060. The summed E-state index contributed by atoms with van der Waals surface area (Å²) in [5.74, 6) is 0.495. The quantitative estimate of drug-likeness (QED) is 0.784. The number of nitrogens with two attached hydrogens (primary N) is 1. The van der Waals surface area contributed by atoms with Gasteiger partial charge in [0.05, 0.1) is 27.9 Å². The molecule has 4 rings (SSSR count). The summed E-state index contributed by atoms with van der Waals surface area (Å²) >= 11 is 6.90. The molecule has 2 atom stereocenters. The SMILES string of the molecule is CN(C)C(=O)c1nc(-c2cnc3c(c2Cl)C2(CCC(C)(C#N)C2)CN3)ccc1N. The second kappa shape index (κ2) is 6.60. The predicted molar refractivity (Wildman–Crippen MR) is 113 cm³/mol. The Labute approximate surface area is 174 Å². The molecule has 1 spiro atoms. The molecule has 1 aliphatic heterocycles. The van der Waals surface area contributed by atoms with Crippen LogP contribution in [0, 0.1) is 16.7 Å². The molecule has 0 aromatic carbocycles. The van der Waals surface area contributed by atoms with E-state index in [9.17, 15) is 10.1 Å². The number of fused-ring (bicyclic) bond motifs is 2. The molecular formula is C21H23ClN6O. The lowest BCUT2D eigenvalue weighted by Crippen LogP contribution is -2.27. The molecule has 29 heavy (non-hydrogen) atoms. The van der Waals surface area contributed by atoms with Crippen LogP contribution in [-0.2, 0) is 5.41 Å². The molecule has 1 amide bonds. The first-order valence-corrected chi connectivity index (χ1v) is 9.90. The van der Waals surface area contributed by atoms with Crippen molar-refractivity contribution in [1.82, 2.24) is 14.9 Å². The van der Waals surface area contributed by atoms with Gasteiger partial charge in [0.2, 0.25) is 0 Å². The first kappa shape index (κ1) is 19.5. The highest BCUT2D eigenvalue weighted by molar-refractivity contribution is 6.34. The van der Waals surface area contributed by atoms with Crippen LogP contribution in [0.4, 0.5) is 11.5 Å². The zero-order chi connectivity index (χ0) is 21.0. The van der Waals surface area contributed by atoms with E-state index in [4.69, 9.17) is 17.3 Å². The summed E-state index contributed by atoms with van der Waals surface area (Å²) in [5.41, 5.74) is 8.06. The monoisotopic (exact) mass is 410 g/mol. The van der Waals surface area contributed by atoms with Crippen LogP contribution < -0.4 is 11.1 Å². The van der Waals surface area contributed by atoms with Crippen molar-refractivity contribution in [2.75, 3.05) is 31.7 Å². The zero-order valence-electron chi connectivity index (χ0n) is 16.7. The van der Waals surface area contributed by atoms with E-state index >= 15 is 0 Å². The van der Waals surface area contributed by atoms with Gasteiger partial charge in [-0.3, -0.25) is 4.79 Å². The Balaban J connectivity index is 1.82. The maximum absolute atomic E-state index is 12.4. The molecule has 0 saturated heterocycles. The largest absolute Gasteiger partial charge is 0.397 e. The lowest BCUT2D eigenvalue weighted by Gasteiger charge is -2.26. The van der Waals surface area contributed by atoms with Crippen molar-refractivity contribution < 1.29 is 4.79 Å². The van der Waals surface area contributed by atoms with Crippen molar-refractivity contribution in [2.24, 2.45) is 5.41 Å². The molecule has 1 fully saturated rings. The summed E-state index contributed by atoms with van der Waals surface area (Å²) in [6.07, 6.45) is 4.11. The number of carbonyl (C=O) groups excluding carboxylic acids is 1. The number of nitriles is 1. The fourth-order valence-electron chi connectivity index (χ4n) is 4.53. The minimum Gasteiger partial charge on any atom is -0.397 e. The third-order valence-corrected chi connectivity index (χ3v) is 6.50. The number of nitrogens with zero attached hydrogens (tertiary/aromatic N) is 4. The Morgan fingerprint density at radius 2 is 2.14 bits per heavy atom. The van der Waals surface area contributed by atoms with E-state index in [-0.39, 0.29) is 22.4 Å². The molecule has 8 heteroatoms. The Hall–Kier alpha value is -2.85. The second-order valence-corrected chi connectivity index (χ2v) is 8.90. The number of hydrogen-bond acceptors (Lipinski definition) is 6.